The second-order valence-electron chi connectivity index (χ2n) is 6.62. The Kier molecular flexibility index (Phi) is 6.21. The Morgan fingerprint density at radius 2 is 2.00 bits per heavy atom. The van der Waals surface area contributed by atoms with Crippen LogP contribution in [0.3, 0.4) is 0 Å². The summed E-state index contributed by atoms with van der Waals surface area (Å²) in [7, 11) is 4.07. The van der Waals surface area contributed by atoms with E-state index in [0.29, 0.717) is 11.3 Å². The third kappa shape index (κ3) is 4.72. The summed E-state index contributed by atoms with van der Waals surface area (Å²) in [6, 6.07) is 14.9. The number of pyridine rings is 1. The number of carbonyl (C=O) groups excluding carboxylic acids is 1. The summed E-state index contributed by atoms with van der Waals surface area (Å²) in [6.07, 6.45) is 2.56. The zero-order valence-corrected chi connectivity index (χ0v) is 16.4. The number of nitrogens with zero attached hydrogens (tertiary/aromatic N) is 2. The standard InChI is InChI=1S/C21H24N4OS/c1-25(2)13-11-18(20-16(22)8-5-12-23-20)24-17-9-4-3-7-15(17)21(26)19-10-6-14-27-19/h3-10,12,14,18,24H,11,13,22H2,1-2H3. The van der Waals surface area contributed by atoms with Crippen molar-refractivity contribution in [2.24, 2.45) is 0 Å². The summed E-state index contributed by atoms with van der Waals surface area (Å²) in [5.41, 5.74) is 9.08. The van der Waals surface area contributed by atoms with Crippen molar-refractivity contribution in [3.8, 4) is 0 Å². The quantitative estimate of drug-likeness (QED) is 0.577. The predicted molar refractivity (Wildman–Crippen MR) is 112 cm³/mol. The summed E-state index contributed by atoms with van der Waals surface area (Å²) in [5, 5.41) is 5.43. The number of nitrogens with one attached hydrogen (secondary N) is 1. The van der Waals surface area contributed by atoms with Gasteiger partial charge in [-0.15, -0.1) is 11.3 Å². The maximum atomic E-state index is 12.9. The minimum Gasteiger partial charge on any atom is -0.397 e. The van der Waals surface area contributed by atoms with Gasteiger partial charge < -0.3 is 16.0 Å². The first-order chi connectivity index (χ1) is 13.1. The second kappa shape index (κ2) is 8.79. The van der Waals surface area contributed by atoms with Crippen molar-refractivity contribution < 1.29 is 4.79 Å². The van der Waals surface area contributed by atoms with Crippen LogP contribution in [-0.2, 0) is 0 Å². The molecular formula is C21H24N4OS. The Bertz CT molecular complexity index is 893. The lowest BCUT2D eigenvalue weighted by Gasteiger charge is -2.23. The van der Waals surface area contributed by atoms with E-state index in [1.165, 1.54) is 11.3 Å². The number of nitrogen functional groups attached to an aromatic ring is 1. The van der Waals surface area contributed by atoms with Crippen LogP contribution in [0.2, 0.25) is 0 Å². The lowest BCUT2D eigenvalue weighted by Crippen LogP contribution is -2.22. The summed E-state index contributed by atoms with van der Waals surface area (Å²) < 4.78 is 0. The van der Waals surface area contributed by atoms with Crippen LogP contribution in [0.15, 0.2) is 60.1 Å². The number of carbonyl (C=O) groups is 1. The summed E-state index contributed by atoms with van der Waals surface area (Å²) >= 11 is 1.45. The van der Waals surface area contributed by atoms with Gasteiger partial charge in [0.05, 0.1) is 22.3 Å². The van der Waals surface area contributed by atoms with Gasteiger partial charge in [-0.2, -0.15) is 0 Å². The Morgan fingerprint density at radius 1 is 1.19 bits per heavy atom. The van der Waals surface area contributed by atoms with Crippen LogP contribution >= 0.6 is 11.3 Å². The van der Waals surface area contributed by atoms with Gasteiger partial charge in [-0.3, -0.25) is 9.78 Å². The smallest absolute Gasteiger partial charge is 0.205 e. The number of para-hydroxylation sites is 1. The fourth-order valence-electron chi connectivity index (χ4n) is 2.92. The summed E-state index contributed by atoms with van der Waals surface area (Å²) in [4.78, 5) is 20.2. The molecule has 1 unspecified atom stereocenters. The number of thiophene rings is 1. The van der Waals surface area contributed by atoms with Gasteiger partial charge in [0.2, 0.25) is 5.78 Å². The number of aromatic nitrogens is 1. The first kappa shape index (κ1) is 19.1. The van der Waals surface area contributed by atoms with Crippen LogP contribution in [0.1, 0.15) is 33.4 Å². The maximum absolute atomic E-state index is 12.9. The topological polar surface area (TPSA) is 71.2 Å². The minimum atomic E-state index is -0.0918. The van der Waals surface area contributed by atoms with Crippen molar-refractivity contribution in [3.63, 3.8) is 0 Å². The molecule has 2 aromatic heterocycles. The van der Waals surface area contributed by atoms with Crippen molar-refractivity contribution in [2.75, 3.05) is 31.7 Å². The normalized spacial score (nSPS) is 12.1. The van der Waals surface area contributed by atoms with Gasteiger partial charge in [0.15, 0.2) is 0 Å². The number of hydrogen-bond acceptors (Lipinski definition) is 6. The zero-order valence-electron chi connectivity index (χ0n) is 15.6. The number of ketones is 1. The number of anilines is 2. The van der Waals surface area contributed by atoms with Gasteiger partial charge in [0.1, 0.15) is 0 Å². The molecule has 0 radical (unpaired) electrons. The number of hydrogen-bond donors (Lipinski definition) is 2. The Balaban J connectivity index is 1.92. The lowest BCUT2D eigenvalue weighted by atomic mass is 10.0. The molecule has 6 heteroatoms. The van der Waals surface area contributed by atoms with Crippen LogP contribution in [0, 0.1) is 0 Å². The monoisotopic (exact) mass is 380 g/mol. The van der Waals surface area contributed by atoms with Crippen LogP contribution < -0.4 is 11.1 Å². The maximum Gasteiger partial charge on any atom is 0.205 e. The average molecular weight is 381 g/mol. The molecule has 0 aliphatic rings. The van der Waals surface area contributed by atoms with Crippen molar-refractivity contribution >= 4 is 28.5 Å². The molecule has 3 rings (SSSR count). The molecule has 5 nitrogen and oxygen atoms in total. The second-order valence-corrected chi connectivity index (χ2v) is 7.57. The van der Waals surface area contributed by atoms with Crippen molar-refractivity contribution in [3.05, 3.63) is 76.2 Å². The van der Waals surface area contributed by atoms with Gasteiger partial charge in [-0.25, -0.2) is 0 Å². The van der Waals surface area contributed by atoms with Gasteiger partial charge in [0.25, 0.3) is 0 Å². The van der Waals surface area contributed by atoms with Gasteiger partial charge in [0, 0.05) is 17.4 Å². The van der Waals surface area contributed by atoms with Gasteiger partial charge in [-0.1, -0.05) is 18.2 Å². The highest BCUT2D eigenvalue weighted by Gasteiger charge is 2.20. The molecule has 0 amide bonds. The molecule has 1 aromatic carbocycles. The molecule has 0 saturated carbocycles. The Morgan fingerprint density at radius 3 is 2.70 bits per heavy atom. The van der Waals surface area contributed by atoms with E-state index in [1.54, 1.807) is 6.20 Å². The zero-order chi connectivity index (χ0) is 19.2. The molecule has 140 valence electrons. The number of nitrogens with two attached hydrogens (primary N) is 1. The van der Waals surface area contributed by atoms with E-state index in [-0.39, 0.29) is 11.8 Å². The first-order valence-corrected chi connectivity index (χ1v) is 9.73. The molecule has 0 saturated heterocycles. The highest BCUT2D eigenvalue weighted by atomic mass is 32.1. The SMILES string of the molecule is CN(C)CCC(Nc1ccccc1C(=O)c1cccs1)c1ncccc1N. The van der Waals surface area contributed by atoms with Gasteiger partial charge >= 0.3 is 0 Å². The first-order valence-electron chi connectivity index (χ1n) is 8.85. The molecule has 0 fully saturated rings. The number of benzene rings is 1. The third-order valence-corrected chi connectivity index (χ3v) is 5.18. The molecule has 3 aromatic rings. The van der Waals surface area contributed by atoms with Crippen LogP contribution in [0.5, 0.6) is 0 Å². The van der Waals surface area contributed by atoms with E-state index in [2.05, 4.69) is 15.2 Å². The van der Waals surface area contributed by atoms with E-state index in [0.717, 1.165) is 29.2 Å². The lowest BCUT2D eigenvalue weighted by molar-refractivity contribution is 0.104. The van der Waals surface area contributed by atoms with Crippen LogP contribution in [0.4, 0.5) is 11.4 Å². The van der Waals surface area contributed by atoms with E-state index in [9.17, 15) is 4.79 Å². The van der Waals surface area contributed by atoms with Crippen molar-refractivity contribution in [2.45, 2.75) is 12.5 Å². The largest absolute Gasteiger partial charge is 0.397 e. The fourth-order valence-corrected chi connectivity index (χ4v) is 3.60. The van der Waals surface area contributed by atoms with E-state index < -0.39 is 0 Å². The van der Waals surface area contributed by atoms with E-state index in [4.69, 9.17) is 5.73 Å². The Labute approximate surface area is 163 Å². The third-order valence-electron chi connectivity index (χ3n) is 4.31. The predicted octanol–water partition coefficient (Wildman–Crippen LogP) is 4.06. The van der Waals surface area contributed by atoms with Crippen LogP contribution in [0.25, 0.3) is 0 Å². The Hall–Kier alpha value is -2.70. The average Bonchev–Trinajstić information content (AvgIpc) is 3.20. The summed E-state index contributed by atoms with van der Waals surface area (Å²) in [6.45, 7) is 0.870. The van der Waals surface area contributed by atoms with Crippen molar-refractivity contribution in [1.82, 2.24) is 9.88 Å². The molecule has 0 aliphatic carbocycles. The highest BCUT2D eigenvalue weighted by molar-refractivity contribution is 7.12. The fraction of sp³-hybridized carbons (Fsp3) is 0.238. The highest BCUT2D eigenvalue weighted by Crippen LogP contribution is 2.29. The summed E-state index contributed by atoms with van der Waals surface area (Å²) in [5.74, 6) is 0.0217. The number of rotatable bonds is 8. The van der Waals surface area contributed by atoms with Crippen LogP contribution in [-0.4, -0.2) is 36.3 Å². The molecule has 0 bridgehead atoms. The molecule has 0 aliphatic heterocycles. The molecule has 2 heterocycles. The molecule has 27 heavy (non-hydrogen) atoms. The minimum absolute atomic E-state index is 0.0217. The molecule has 3 N–H and O–H groups in total. The molecule has 0 spiro atoms. The molecular weight excluding hydrogens is 356 g/mol. The van der Waals surface area contributed by atoms with Gasteiger partial charge in [-0.05, 0) is 62.8 Å². The molecule has 1 atom stereocenters. The van der Waals surface area contributed by atoms with Crippen molar-refractivity contribution in [1.29, 1.82) is 0 Å². The van der Waals surface area contributed by atoms with E-state index >= 15 is 0 Å². The van der Waals surface area contributed by atoms with E-state index in [1.807, 2.05) is 68.0 Å².